The van der Waals surface area contributed by atoms with Crippen LogP contribution in [0.5, 0.6) is 0 Å². The first-order chi connectivity index (χ1) is 10.2. The van der Waals surface area contributed by atoms with Crippen LogP contribution >= 0.6 is 0 Å². The van der Waals surface area contributed by atoms with Crippen molar-refractivity contribution in [3.63, 3.8) is 0 Å². The number of hydrogen-bond donors (Lipinski definition) is 1. The maximum atomic E-state index is 6.18. The standard InChI is InChI=1S/C17H27N3O/c1-14-12-19-7-3-15(14)13-20(2)16-4-10-21-17(11-16)5-8-18-9-6-17/h3,7,12,16,18H,4-6,8-11,13H2,1-2H3. The van der Waals surface area contributed by atoms with Gasteiger partial charge < -0.3 is 10.1 Å². The van der Waals surface area contributed by atoms with Crippen molar-refractivity contribution in [1.29, 1.82) is 0 Å². The molecule has 116 valence electrons. The van der Waals surface area contributed by atoms with Crippen molar-refractivity contribution in [3.05, 3.63) is 29.6 Å². The maximum Gasteiger partial charge on any atom is 0.0721 e. The average molecular weight is 289 g/mol. The third kappa shape index (κ3) is 3.44. The highest BCUT2D eigenvalue weighted by molar-refractivity contribution is 5.21. The van der Waals surface area contributed by atoms with E-state index >= 15 is 0 Å². The molecule has 4 nitrogen and oxygen atoms in total. The third-order valence-electron chi connectivity index (χ3n) is 5.16. The Morgan fingerprint density at radius 1 is 1.43 bits per heavy atom. The van der Waals surface area contributed by atoms with Gasteiger partial charge in [0.2, 0.25) is 0 Å². The van der Waals surface area contributed by atoms with E-state index in [4.69, 9.17) is 4.74 Å². The van der Waals surface area contributed by atoms with E-state index < -0.39 is 0 Å². The molecule has 1 atom stereocenters. The molecule has 4 heteroatoms. The fourth-order valence-corrected chi connectivity index (χ4v) is 3.69. The third-order valence-corrected chi connectivity index (χ3v) is 5.16. The predicted molar refractivity (Wildman–Crippen MR) is 84.2 cm³/mol. The van der Waals surface area contributed by atoms with Crippen LogP contribution in [0.2, 0.25) is 0 Å². The normalized spacial score (nSPS) is 25.4. The van der Waals surface area contributed by atoms with Crippen molar-refractivity contribution in [1.82, 2.24) is 15.2 Å². The van der Waals surface area contributed by atoms with E-state index in [2.05, 4.69) is 35.2 Å². The molecular weight excluding hydrogens is 262 g/mol. The van der Waals surface area contributed by atoms with E-state index in [-0.39, 0.29) is 5.60 Å². The van der Waals surface area contributed by atoms with Crippen LogP contribution in [0.25, 0.3) is 0 Å². The molecule has 2 fully saturated rings. The number of aryl methyl sites for hydroxylation is 1. The lowest BCUT2D eigenvalue weighted by molar-refractivity contribution is -0.119. The van der Waals surface area contributed by atoms with Crippen molar-refractivity contribution >= 4 is 0 Å². The van der Waals surface area contributed by atoms with Gasteiger partial charge >= 0.3 is 0 Å². The molecule has 2 saturated heterocycles. The van der Waals surface area contributed by atoms with Gasteiger partial charge in [0, 0.05) is 31.6 Å². The van der Waals surface area contributed by atoms with E-state index in [1.165, 1.54) is 17.5 Å². The van der Waals surface area contributed by atoms with Gasteiger partial charge in [-0.25, -0.2) is 0 Å². The molecule has 3 rings (SSSR count). The van der Waals surface area contributed by atoms with Crippen molar-refractivity contribution in [2.75, 3.05) is 26.7 Å². The molecule has 1 spiro atoms. The van der Waals surface area contributed by atoms with Crippen LogP contribution in [-0.2, 0) is 11.3 Å². The summed E-state index contributed by atoms with van der Waals surface area (Å²) < 4.78 is 6.18. The molecule has 0 amide bonds. The number of aromatic nitrogens is 1. The summed E-state index contributed by atoms with van der Waals surface area (Å²) >= 11 is 0. The SMILES string of the molecule is Cc1cnccc1CN(C)C1CCOC2(CCNCC2)C1. The van der Waals surface area contributed by atoms with Gasteiger partial charge in [-0.3, -0.25) is 9.88 Å². The van der Waals surface area contributed by atoms with Gasteiger partial charge in [0.1, 0.15) is 0 Å². The van der Waals surface area contributed by atoms with Gasteiger partial charge in [-0.2, -0.15) is 0 Å². The minimum atomic E-state index is 0.135. The first-order valence-corrected chi connectivity index (χ1v) is 8.13. The minimum absolute atomic E-state index is 0.135. The Morgan fingerprint density at radius 2 is 2.24 bits per heavy atom. The fraction of sp³-hybridized carbons (Fsp3) is 0.706. The number of ether oxygens (including phenoxy) is 1. The van der Waals surface area contributed by atoms with Gasteiger partial charge in [-0.15, -0.1) is 0 Å². The van der Waals surface area contributed by atoms with E-state index in [9.17, 15) is 0 Å². The average Bonchev–Trinajstić information content (AvgIpc) is 2.50. The molecular formula is C17H27N3O. The molecule has 21 heavy (non-hydrogen) atoms. The van der Waals surface area contributed by atoms with Crippen LogP contribution in [0.4, 0.5) is 0 Å². The van der Waals surface area contributed by atoms with Crippen molar-refractivity contribution in [3.8, 4) is 0 Å². The lowest BCUT2D eigenvalue weighted by Gasteiger charge is -2.46. The number of nitrogens with zero attached hydrogens (tertiary/aromatic N) is 2. The summed E-state index contributed by atoms with van der Waals surface area (Å²) in [5, 5.41) is 3.45. The fourth-order valence-electron chi connectivity index (χ4n) is 3.69. The van der Waals surface area contributed by atoms with E-state index in [0.717, 1.165) is 45.5 Å². The van der Waals surface area contributed by atoms with E-state index in [1.54, 1.807) is 0 Å². The second-order valence-electron chi connectivity index (χ2n) is 6.65. The number of nitrogens with one attached hydrogen (secondary N) is 1. The van der Waals surface area contributed by atoms with Crippen LogP contribution < -0.4 is 5.32 Å². The van der Waals surface area contributed by atoms with Gasteiger partial charge in [-0.05, 0) is 69.9 Å². The molecule has 2 aliphatic rings. The molecule has 0 aromatic carbocycles. The topological polar surface area (TPSA) is 37.4 Å². The number of rotatable bonds is 3. The summed E-state index contributed by atoms with van der Waals surface area (Å²) in [6.45, 7) is 6.26. The molecule has 0 aliphatic carbocycles. The number of pyridine rings is 1. The Morgan fingerprint density at radius 3 is 3.00 bits per heavy atom. The first-order valence-electron chi connectivity index (χ1n) is 8.13. The Kier molecular flexibility index (Phi) is 4.57. The summed E-state index contributed by atoms with van der Waals surface area (Å²) in [7, 11) is 2.25. The summed E-state index contributed by atoms with van der Waals surface area (Å²) in [4.78, 5) is 6.70. The molecule has 0 saturated carbocycles. The first kappa shape index (κ1) is 14.9. The lowest BCUT2D eigenvalue weighted by atomic mass is 9.82. The van der Waals surface area contributed by atoms with E-state index in [0.29, 0.717) is 6.04 Å². The van der Waals surface area contributed by atoms with Crippen LogP contribution in [0.3, 0.4) is 0 Å². The summed E-state index contributed by atoms with van der Waals surface area (Å²) in [6.07, 6.45) is 8.50. The second-order valence-corrected chi connectivity index (χ2v) is 6.65. The predicted octanol–water partition coefficient (Wildman–Crippen LogP) is 2.12. The summed E-state index contributed by atoms with van der Waals surface area (Å²) in [6, 6.07) is 2.77. The molecule has 2 aliphatic heterocycles. The van der Waals surface area contributed by atoms with Crippen LogP contribution in [0.15, 0.2) is 18.5 Å². The van der Waals surface area contributed by atoms with Gasteiger partial charge in [0.25, 0.3) is 0 Å². The van der Waals surface area contributed by atoms with Crippen molar-refractivity contribution in [2.45, 2.75) is 50.8 Å². The Balaban J connectivity index is 1.64. The Hall–Kier alpha value is -0.970. The largest absolute Gasteiger partial charge is 0.375 e. The smallest absolute Gasteiger partial charge is 0.0721 e. The Labute approximate surface area is 127 Å². The van der Waals surface area contributed by atoms with Crippen molar-refractivity contribution < 1.29 is 4.74 Å². The zero-order chi connectivity index (χ0) is 14.7. The second kappa shape index (κ2) is 6.42. The zero-order valence-corrected chi connectivity index (χ0v) is 13.3. The monoisotopic (exact) mass is 289 g/mol. The quantitative estimate of drug-likeness (QED) is 0.925. The Bertz CT molecular complexity index is 465. The molecule has 1 N–H and O–H groups in total. The van der Waals surface area contributed by atoms with Crippen LogP contribution in [-0.4, -0.2) is 48.3 Å². The maximum absolute atomic E-state index is 6.18. The van der Waals surface area contributed by atoms with Crippen LogP contribution in [0, 0.1) is 6.92 Å². The molecule has 0 radical (unpaired) electrons. The van der Waals surface area contributed by atoms with Gasteiger partial charge in [0.15, 0.2) is 0 Å². The molecule has 1 unspecified atom stereocenters. The minimum Gasteiger partial charge on any atom is -0.375 e. The summed E-state index contributed by atoms with van der Waals surface area (Å²) in [5.41, 5.74) is 2.81. The number of piperidine rings is 1. The lowest BCUT2D eigenvalue weighted by Crippen LogP contribution is -2.52. The highest BCUT2D eigenvalue weighted by Crippen LogP contribution is 2.35. The van der Waals surface area contributed by atoms with Crippen LogP contribution in [0.1, 0.15) is 36.8 Å². The molecule has 1 aromatic rings. The van der Waals surface area contributed by atoms with E-state index in [1.807, 2.05) is 12.4 Å². The highest BCUT2D eigenvalue weighted by Gasteiger charge is 2.39. The van der Waals surface area contributed by atoms with Gasteiger partial charge in [-0.1, -0.05) is 0 Å². The molecule has 3 heterocycles. The summed E-state index contributed by atoms with van der Waals surface area (Å²) in [5.74, 6) is 0. The van der Waals surface area contributed by atoms with Gasteiger partial charge in [0.05, 0.1) is 5.60 Å². The molecule has 0 bridgehead atoms. The highest BCUT2D eigenvalue weighted by atomic mass is 16.5. The number of hydrogen-bond acceptors (Lipinski definition) is 4. The van der Waals surface area contributed by atoms with Crippen molar-refractivity contribution in [2.24, 2.45) is 0 Å². The molecule has 1 aromatic heterocycles. The zero-order valence-electron chi connectivity index (χ0n) is 13.3.